The molecule has 0 atom stereocenters. The van der Waals surface area contributed by atoms with Crippen molar-refractivity contribution in [3.63, 3.8) is 0 Å². The van der Waals surface area contributed by atoms with Crippen molar-refractivity contribution in [2.75, 3.05) is 27.2 Å². The second-order valence-electron chi connectivity index (χ2n) is 3.68. The third kappa shape index (κ3) is 3.89. The molecule has 0 bridgehead atoms. The molecule has 0 saturated heterocycles. The van der Waals surface area contributed by atoms with E-state index in [9.17, 15) is 18.5 Å². The molecule has 1 aromatic rings. The Bertz CT molecular complexity index is 541. The molecule has 18 heavy (non-hydrogen) atoms. The number of hydrogen-bond acceptors (Lipinski definition) is 6. The summed E-state index contributed by atoms with van der Waals surface area (Å²) < 4.78 is 25.6. The lowest BCUT2D eigenvalue weighted by atomic mass is 10.6. The van der Waals surface area contributed by atoms with E-state index in [0.29, 0.717) is 17.9 Å². The molecule has 0 saturated carbocycles. The van der Waals surface area contributed by atoms with Gasteiger partial charge in [0.25, 0.3) is 5.69 Å². The number of nitrogens with one attached hydrogen (secondary N) is 1. The van der Waals surface area contributed by atoms with E-state index in [0.717, 1.165) is 6.07 Å². The van der Waals surface area contributed by atoms with Gasteiger partial charge in [-0.1, -0.05) is 11.6 Å². The highest BCUT2D eigenvalue weighted by Crippen LogP contribution is 2.35. The zero-order chi connectivity index (χ0) is 13.9. The van der Waals surface area contributed by atoms with Gasteiger partial charge in [0.05, 0.1) is 4.92 Å². The van der Waals surface area contributed by atoms with Gasteiger partial charge in [-0.05, 0) is 14.1 Å². The predicted octanol–water partition coefficient (Wildman–Crippen LogP) is 1.15. The van der Waals surface area contributed by atoms with Gasteiger partial charge in [0.1, 0.15) is 4.21 Å². The molecule has 1 heterocycles. The number of nitro groups is 1. The van der Waals surface area contributed by atoms with Crippen molar-refractivity contribution in [2.45, 2.75) is 4.21 Å². The zero-order valence-electron chi connectivity index (χ0n) is 9.71. The maximum Gasteiger partial charge on any atom is 0.300 e. The van der Waals surface area contributed by atoms with Crippen molar-refractivity contribution in [3.8, 4) is 0 Å². The Hall–Kier alpha value is -0.740. The molecule has 0 aliphatic rings. The second kappa shape index (κ2) is 5.93. The first kappa shape index (κ1) is 15.3. The van der Waals surface area contributed by atoms with Gasteiger partial charge in [0.15, 0.2) is 4.34 Å². The summed E-state index contributed by atoms with van der Waals surface area (Å²) in [4.78, 5) is 11.7. The highest BCUT2D eigenvalue weighted by atomic mass is 35.5. The van der Waals surface area contributed by atoms with Gasteiger partial charge in [-0.25, -0.2) is 13.1 Å². The molecule has 7 nitrogen and oxygen atoms in total. The minimum atomic E-state index is -3.74. The van der Waals surface area contributed by atoms with Gasteiger partial charge in [-0.3, -0.25) is 10.1 Å². The quantitative estimate of drug-likeness (QED) is 0.628. The van der Waals surface area contributed by atoms with Crippen molar-refractivity contribution in [1.29, 1.82) is 0 Å². The summed E-state index contributed by atoms with van der Waals surface area (Å²) in [6.45, 7) is 0.749. The summed E-state index contributed by atoms with van der Waals surface area (Å²) in [5.41, 5.74) is -0.394. The summed E-state index contributed by atoms with van der Waals surface area (Å²) in [5, 5.41) is 10.6. The van der Waals surface area contributed by atoms with Gasteiger partial charge in [0.2, 0.25) is 10.0 Å². The standard InChI is InChI=1S/C8H12ClN3O4S2/c1-11(2)4-3-10-18(15,16)7-5-6(12(13)14)8(9)17-7/h5,10H,3-4H2,1-2H3. The van der Waals surface area contributed by atoms with Gasteiger partial charge < -0.3 is 4.90 Å². The summed E-state index contributed by atoms with van der Waals surface area (Å²) in [6.07, 6.45) is 0. The lowest BCUT2D eigenvalue weighted by molar-refractivity contribution is -0.384. The van der Waals surface area contributed by atoms with E-state index in [1.807, 2.05) is 4.90 Å². The first-order valence-electron chi connectivity index (χ1n) is 4.82. The number of likely N-dealkylation sites (N-methyl/N-ethyl adjacent to an activating group) is 1. The van der Waals surface area contributed by atoms with E-state index < -0.39 is 20.6 Å². The van der Waals surface area contributed by atoms with Crippen LogP contribution in [0.3, 0.4) is 0 Å². The summed E-state index contributed by atoms with van der Waals surface area (Å²) >= 11 is 6.28. The Kier molecular flexibility index (Phi) is 5.05. The van der Waals surface area contributed by atoms with Gasteiger partial charge in [-0.15, -0.1) is 11.3 Å². The maximum absolute atomic E-state index is 11.8. The first-order chi connectivity index (χ1) is 8.24. The molecule has 1 rings (SSSR count). The molecule has 0 aliphatic carbocycles. The largest absolute Gasteiger partial charge is 0.308 e. The van der Waals surface area contributed by atoms with Crippen LogP contribution in [0.2, 0.25) is 4.34 Å². The van der Waals surface area contributed by atoms with E-state index in [2.05, 4.69) is 4.72 Å². The fourth-order valence-corrected chi connectivity index (χ4v) is 3.80. The molecule has 0 amide bonds. The van der Waals surface area contributed by atoms with Gasteiger partial charge >= 0.3 is 0 Å². The van der Waals surface area contributed by atoms with Crippen molar-refractivity contribution >= 4 is 38.6 Å². The summed E-state index contributed by atoms with van der Waals surface area (Å²) in [5.74, 6) is 0. The Labute approximate surface area is 114 Å². The molecule has 10 heteroatoms. The number of hydrogen-bond donors (Lipinski definition) is 1. The average molecular weight is 314 g/mol. The van der Waals surface area contributed by atoms with Crippen LogP contribution in [0.5, 0.6) is 0 Å². The minimum absolute atomic E-state index is 0.145. The van der Waals surface area contributed by atoms with E-state index in [1.54, 1.807) is 14.1 Å². The van der Waals surface area contributed by atoms with Crippen LogP contribution in [0, 0.1) is 10.1 Å². The Morgan fingerprint density at radius 2 is 2.17 bits per heavy atom. The zero-order valence-corrected chi connectivity index (χ0v) is 12.1. The molecular weight excluding hydrogens is 302 g/mol. The molecule has 102 valence electrons. The minimum Gasteiger partial charge on any atom is -0.308 e. The molecule has 0 aromatic carbocycles. The van der Waals surface area contributed by atoms with Crippen LogP contribution in [-0.4, -0.2) is 45.4 Å². The molecule has 0 fully saturated rings. The number of halogens is 1. The Morgan fingerprint density at radius 1 is 1.56 bits per heavy atom. The van der Waals surface area contributed by atoms with Crippen molar-refractivity contribution in [2.24, 2.45) is 0 Å². The monoisotopic (exact) mass is 313 g/mol. The van der Waals surface area contributed by atoms with Crippen molar-refractivity contribution in [1.82, 2.24) is 9.62 Å². The number of nitrogens with zero attached hydrogens (tertiary/aromatic N) is 2. The lowest BCUT2D eigenvalue weighted by Gasteiger charge is -2.09. The second-order valence-corrected chi connectivity index (χ2v) is 7.33. The van der Waals surface area contributed by atoms with Crippen LogP contribution in [0.25, 0.3) is 0 Å². The van der Waals surface area contributed by atoms with Crippen molar-refractivity contribution in [3.05, 3.63) is 20.5 Å². The first-order valence-corrected chi connectivity index (χ1v) is 7.50. The van der Waals surface area contributed by atoms with Crippen LogP contribution in [0.4, 0.5) is 5.69 Å². The Morgan fingerprint density at radius 3 is 2.61 bits per heavy atom. The van der Waals surface area contributed by atoms with Crippen LogP contribution in [0.1, 0.15) is 0 Å². The summed E-state index contributed by atoms with van der Waals surface area (Å²) in [6, 6.07) is 0.963. The van der Waals surface area contributed by atoms with Gasteiger partial charge in [-0.2, -0.15) is 0 Å². The third-order valence-electron chi connectivity index (χ3n) is 1.96. The molecule has 0 aliphatic heterocycles. The number of rotatable bonds is 6. The molecule has 0 radical (unpaired) electrons. The predicted molar refractivity (Wildman–Crippen MR) is 69.7 cm³/mol. The molecule has 0 unspecified atom stereocenters. The van der Waals surface area contributed by atoms with Crippen molar-refractivity contribution < 1.29 is 13.3 Å². The molecular formula is C8H12ClN3O4S2. The molecule has 0 spiro atoms. The van der Waals surface area contributed by atoms with Crippen LogP contribution < -0.4 is 4.72 Å². The lowest BCUT2D eigenvalue weighted by Crippen LogP contribution is -2.30. The van der Waals surface area contributed by atoms with Crippen LogP contribution in [0.15, 0.2) is 10.3 Å². The van der Waals surface area contributed by atoms with E-state index in [-0.39, 0.29) is 15.1 Å². The third-order valence-corrected chi connectivity index (χ3v) is 5.23. The fourth-order valence-electron chi connectivity index (χ4n) is 1.07. The van der Waals surface area contributed by atoms with Crippen LogP contribution >= 0.6 is 22.9 Å². The van der Waals surface area contributed by atoms with E-state index in [1.165, 1.54) is 0 Å². The van der Waals surface area contributed by atoms with Gasteiger partial charge in [0, 0.05) is 19.2 Å². The Balaban J connectivity index is 2.85. The maximum atomic E-state index is 11.8. The fraction of sp³-hybridized carbons (Fsp3) is 0.500. The highest BCUT2D eigenvalue weighted by molar-refractivity contribution is 7.91. The number of sulfonamides is 1. The normalized spacial score (nSPS) is 12.0. The van der Waals surface area contributed by atoms with E-state index >= 15 is 0 Å². The highest BCUT2D eigenvalue weighted by Gasteiger charge is 2.24. The molecule has 1 N–H and O–H groups in total. The average Bonchev–Trinajstić information content (AvgIpc) is 2.60. The summed E-state index contributed by atoms with van der Waals surface area (Å²) in [7, 11) is -0.125. The molecule has 1 aromatic heterocycles. The van der Waals surface area contributed by atoms with E-state index in [4.69, 9.17) is 11.6 Å². The van der Waals surface area contributed by atoms with Crippen LogP contribution in [-0.2, 0) is 10.0 Å². The SMILES string of the molecule is CN(C)CCNS(=O)(=O)c1cc([N+](=O)[O-])c(Cl)s1. The topological polar surface area (TPSA) is 92.6 Å². The number of thiophene rings is 1. The smallest absolute Gasteiger partial charge is 0.300 e.